The molecule has 0 amide bonds. The SMILES string of the molecule is CC(O)[C@H]1CC[C@H]2[C@@H]3CC[C@@H]4C[C@@H](O)CC[C@]4(C)[C@H]3CC[C@]12C.CC(O)[C@H]1CC[C@H]2[C@@H]3CC[C@H]4C[C@@H](O)CC[C@]4(C)[C@H]3CC[C@]12C. The van der Waals surface area contributed by atoms with Gasteiger partial charge in [-0.15, -0.1) is 0 Å². The van der Waals surface area contributed by atoms with Crippen LogP contribution < -0.4 is 0 Å². The molecule has 0 heterocycles. The van der Waals surface area contributed by atoms with Crippen LogP contribution >= 0.6 is 0 Å². The van der Waals surface area contributed by atoms with Gasteiger partial charge >= 0.3 is 0 Å². The summed E-state index contributed by atoms with van der Waals surface area (Å²) in [6.07, 6.45) is 22.2. The van der Waals surface area contributed by atoms with Crippen LogP contribution in [0.2, 0.25) is 0 Å². The Balaban J connectivity index is 0.000000147. The molecule has 8 aliphatic carbocycles. The van der Waals surface area contributed by atoms with Crippen molar-refractivity contribution in [2.24, 2.45) is 80.8 Å². The molecule has 18 atom stereocenters. The molecular formula is C42H72O4. The molecule has 4 nitrogen and oxygen atoms in total. The second-order valence-electron chi connectivity index (χ2n) is 20.1. The van der Waals surface area contributed by atoms with Gasteiger partial charge in [-0.05, 0) is 210 Å². The van der Waals surface area contributed by atoms with Gasteiger partial charge in [0, 0.05) is 0 Å². The second-order valence-corrected chi connectivity index (χ2v) is 20.1. The number of fused-ring (bicyclic) bond motifs is 10. The van der Waals surface area contributed by atoms with Crippen molar-refractivity contribution in [2.45, 2.75) is 182 Å². The van der Waals surface area contributed by atoms with Crippen molar-refractivity contribution in [2.75, 3.05) is 0 Å². The Morgan fingerprint density at radius 1 is 0.435 bits per heavy atom. The first kappa shape index (κ1) is 34.3. The van der Waals surface area contributed by atoms with E-state index in [2.05, 4.69) is 27.7 Å². The number of hydrogen-bond acceptors (Lipinski definition) is 4. The first-order valence-corrected chi connectivity index (χ1v) is 20.4. The van der Waals surface area contributed by atoms with Crippen molar-refractivity contribution >= 4 is 0 Å². The lowest BCUT2D eigenvalue weighted by atomic mass is 9.44. The summed E-state index contributed by atoms with van der Waals surface area (Å²) in [4.78, 5) is 0. The maximum atomic E-state index is 10.3. The molecule has 0 aromatic carbocycles. The van der Waals surface area contributed by atoms with Crippen molar-refractivity contribution in [3.05, 3.63) is 0 Å². The summed E-state index contributed by atoms with van der Waals surface area (Å²) in [5, 5.41) is 40.8. The van der Waals surface area contributed by atoms with Gasteiger partial charge in [0.1, 0.15) is 0 Å². The zero-order chi connectivity index (χ0) is 32.8. The normalized spacial score (nSPS) is 57.3. The number of aliphatic hydroxyl groups is 4. The van der Waals surface area contributed by atoms with Gasteiger partial charge in [0.15, 0.2) is 0 Å². The fraction of sp³-hybridized carbons (Fsp3) is 1.00. The molecule has 4 N–H and O–H groups in total. The standard InChI is InChI=1S/2C21H36O2/c2*1-13(22)17-6-7-18-16-5-4-14-12-15(23)8-10-20(14,2)19(16)9-11-21(17,18)3/h2*13-19,22-23H,4-12H2,1-3H3/t13?,14-,15+,16+,17-,18+,19+,20+,21-;13?,14-,15-,16-,17+,18-,19-,20-,21+/m10/s1. The molecule has 0 spiro atoms. The molecule has 46 heavy (non-hydrogen) atoms. The third kappa shape index (κ3) is 5.25. The Labute approximate surface area is 282 Å². The fourth-order valence-corrected chi connectivity index (χ4v) is 16.1. The molecule has 0 bridgehead atoms. The highest BCUT2D eigenvalue weighted by Gasteiger charge is 2.62. The molecule has 0 saturated heterocycles. The van der Waals surface area contributed by atoms with Gasteiger partial charge in [-0.3, -0.25) is 0 Å². The quantitative estimate of drug-likeness (QED) is 0.243. The van der Waals surface area contributed by atoms with Crippen LogP contribution in [0.4, 0.5) is 0 Å². The van der Waals surface area contributed by atoms with E-state index < -0.39 is 0 Å². The first-order valence-electron chi connectivity index (χ1n) is 20.4. The molecular weight excluding hydrogens is 568 g/mol. The minimum absolute atomic E-state index is 0.0374. The third-order valence-electron chi connectivity index (χ3n) is 18.6. The summed E-state index contributed by atoms with van der Waals surface area (Å²) in [5.41, 5.74) is 1.72. The van der Waals surface area contributed by atoms with E-state index in [9.17, 15) is 20.4 Å². The highest BCUT2D eigenvalue weighted by molar-refractivity contribution is 5.11. The molecule has 0 aliphatic heterocycles. The van der Waals surface area contributed by atoms with Gasteiger partial charge in [0.05, 0.1) is 24.4 Å². The summed E-state index contributed by atoms with van der Waals surface area (Å²) in [6.45, 7) is 14.2. The summed E-state index contributed by atoms with van der Waals surface area (Å²) in [6, 6.07) is 0. The van der Waals surface area contributed by atoms with Crippen LogP contribution in [0, 0.1) is 80.8 Å². The van der Waals surface area contributed by atoms with E-state index in [-0.39, 0.29) is 24.4 Å². The average molecular weight is 641 g/mol. The van der Waals surface area contributed by atoms with Crippen molar-refractivity contribution in [3.63, 3.8) is 0 Å². The van der Waals surface area contributed by atoms with Crippen LogP contribution in [0.1, 0.15) is 157 Å². The van der Waals surface area contributed by atoms with Crippen LogP contribution in [0.15, 0.2) is 0 Å². The van der Waals surface area contributed by atoms with Gasteiger partial charge in [-0.1, -0.05) is 27.7 Å². The number of rotatable bonds is 2. The van der Waals surface area contributed by atoms with Gasteiger partial charge < -0.3 is 20.4 Å². The molecule has 0 aromatic rings. The van der Waals surface area contributed by atoms with Crippen LogP contribution in [-0.4, -0.2) is 44.8 Å². The first-order chi connectivity index (χ1) is 21.7. The van der Waals surface area contributed by atoms with Crippen molar-refractivity contribution in [1.82, 2.24) is 0 Å². The van der Waals surface area contributed by atoms with E-state index in [1.807, 2.05) is 13.8 Å². The topological polar surface area (TPSA) is 80.9 Å². The number of aliphatic hydroxyl groups excluding tert-OH is 4. The van der Waals surface area contributed by atoms with Crippen molar-refractivity contribution < 1.29 is 20.4 Å². The summed E-state index contributed by atoms with van der Waals surface area (Å²) in [5.74, 6) is 7.74. The van der Waals surface area contributed by atoms with E-state index in [0.717, 1.165) is 73.0 Å². The Hall–Kier alpha value is -0.160. The lowest BCUT2D eigenvalue weighted by Gasteiger charge is -2.61. The lowest BCUT2D eigenvalue weighted by Crippen LogP contribution is -2.54. The molecule has 0 radical (unpaired) electrons. The molecule has 264 valence electrons. The molecule has 4 heteroatoms. The zero-order valence-corrected chi connectivity index (χ0v) is 30.6. The van der Waals surface area contributed by atoms with Crippen LogP contribution in [0.25, 0.3) is 0 Å². The Kier molecular flexibility index (Phi) is 9.14. The maximum Gasteiger partial charge on any atom is 0.0545 e. The van der Waals surface area contributed by atoms with Crippen LogP contribution in [-0.2, 0) is 0 Å². The fourth-order valence-electron chi connectivity index (χ4n) is 16.1. The van der Waals surface area contributed by atoms with E-state index in [1.54, 1.807) is 0 Å². The van der Waals surface area contributed by atoms with Gasteiger partial charge in [0.25, 0.3) is 0 Å². The smallest absolute Gasteiger partial charge is 0.0545 e. The van der Waals surface area contributed by atoms with E-state index in [1.165, 1.54) is 89.9 Å². The summed E-state index contributed by atoms with van der Waals surface area (Å²) < 4.78 is 0. The highest BCUT2D eigenvalue weighted by Crippen LogP contribution is 2.69. The number of hydrogen-bond donors (Lipinski definition) is 4. The predicted molar refractivity (Wildman–Crippen MR) is 186 cm³/mol. The van der Waals surface area contributed by atoms with E-state index >= 15 is 0 Å². The second kappa shape index (κ2) is 12.3. The molecule has 8 rings (SSSR count). The monoisotopic (exact) mass is 641 g/mol. The van der Waals surface area contributed by atoms with E-state index in [0.29, 0.717) is 33.5 Å². The summed E-state index contributed by atoms with van der Waals surface area (Å²) in [7, 11) is 0. The third-order valence-corrected chi connectivity index (χ3v) is 18.6. The minimum Gasteiger partial charge on any atom is -0.393 e. The molecule has 0 aromatic heterocycles. The average Bonchev–Trinajstić information content (AvgIpc) is 3.55. The lowest BCUT2D eigenvalue weighted by molar-refractivity contribution is -0.132. The zero-order valence-electron chi connectivity index (χ0n) is 30.6. The van der Waals surface area contributed by atoms with Crippen LogP contribution in [0.3, 0.4) is 0 Å². The highest BCUT2D eigenvalue weighted by atomic mass is 16.3. The maximum absolute atomic E-state index is 10.3. The molecule has 8 fully saturated rings. The predicted octanol–water partition coefficient (Wildman–Crippen LogP) is 8.77. The minimum atomic E-state index is -0.140. The summed E-state index contributed by atoms with van der Waals surface area (Å²) >= 11 is 0. The van der Waals surface area contributed by atoms with Gasteiger partial charge in [-0.2, -0.15) is 0 Å². The Bertz CT molecular complexity index is 1010. The van der Waals surface area contributed by atoms with Gasteiger partial charge in [-0.25, -0.2) is 0 Å². The Morgan fingerprint density at radius 3 is 1.15 bits per heavy atom. The van der Waals surface area contributed by atoms with Crippen molar-refractivity contribution in [3.8, 4) is 0 Å². The van der Waals surface area contributed by atoms with Crippen molar-refractivity contribution in [1.29, 1.82) is 0 Å². The Morgan fingerprint density at radius 2 is 0.783 bits per heavy atom. The largest absolute Gasteiger partial charge is 0.393 e. The van der Waals surface area contributed by atoms with E-state index in [4.69, 9.17) is 0 Å². The van der Waals surface area contributed by atoms with Crippen LogP contribution in [0.5, 0.6) is 0 Å². The van der Waals surface area contributed by atoms with Gasteiger partial charge in [0.2, 0.25) is 0 Å². The molecule has 8 saturated carbocycles. The molecule has 2 unspecified atom stereocenters. The molecule has 8 aliphatic rings.